The molecule has 2 aromatic carbocycles. The molecule has 0 atom stereocenters. The molecule has 0 aliphatic heterocycles. The molecule has 5 heteroatoms. The minimum absolute atomic E-state index is 0.0118. The van der Waals surface area contributed by atoms with Crippen molar-refractivity contribution < 1.29 is 9.90 Å². The van der Waals surface area contributed by atoms with E-state index in [1.807, 2.05) is 42.2 Å². The first-order chi connectivity index (χ1) is 10.6. The van der Waals surface area contributed by atoms with Gasteiger partial charge in [0.1, 0.15) is 0 Å². The molecular formula is C17H19ClN2O2. The van der Waals surface area contributed by atoms with E-state index < -0.39 is 0 Å². The SMILES string of the molecule is Cc1cc(Cl)ccc1NC(=O)CN(CCO)c1ccccc1. The standard InChI is InChI=1S/C17H19ClN2O2/c1-13-11-14(18)7-8-16(13)19-17(22)12-20(9-10-21)15-5-3-2-4-6-15/h2-8,11,21H,9-10,12H2,1H3,(H,19,22). The number of amides is 1. The highest BCUT2D eigenvalue weighted by atomic mass is 35.5. The number of halogens is 1. The molecule has 0 heterocycles. The van der Waals surface area contributed by atoms with E-state index in [2.05, 4.69) is 5.32 Å². The number of nitrogens with one attached hydrogen (secondary N) is 1. The van der Waals surface area contributed by atoms with Gasteiger partial charge in [-0.2, -0.15) is 0 Å². The average Bonchev–Trinajstić information content (AvgIpc) is 2.50. The summed E-state index contributed by atoms with van der Waals surface area (Å²) in [6.07, 6.45) is 0. The van der Waals surface area contributed by atoms with E-state index in [0.717, 1.165) is 16.9 Å². The summed E-state index contributed by atoms with van der Waals surface area (Å²) in [5.74, 6) is -0.136. The molecule has 0 radical (unpaired) electrons. The highest BCUT2D eigenvalue weighted by Gasteiger charge is 2.12. The summed E-state index contributed by atoms with van der Waals surface area (Å²) in [7, 11) is 0. The van der Waals surface area contributed by atoms with Gasteiger partial charge in [0, 0.05) is 22.9 Å². The molecule has 0 aliphatic rings. The molecular weight excluding hydrogens is 300 g/mol. The summed E-state index contributed by atoms with van der Waals surface area (Å²) in [6.45, 7) is 2.45. The van der Waals surface area contributed by atoms with Crippen molar-refractivity contribution in [3.63, 3.8) is 0 Å². The van der Waals surface area contributed by atoms with Crippen LogP contribution >= 0.6 is 11.6 Å². The number of para-hydroxylation sites is 1. The Kier molecular flexibility index (Phi) is 5.81. The van der Waals surface area contributed by atoms with Gasteiger partial charge in [-0.3, -0.25) is 4.79 Å². The molecule has 0 bridgehead atoms. The second kappa shape index (κ2) is 7.82. The van der Waals surface area contributed by atoms with Gasteiger partial charge in [-0.05, 0) is 42.8 Å². The summed E-state index contributed by atoms with van der Waals surface area (Å²) in [4.78, 5) is 14.1. The number of hydrogen-bond donors (Lipinski definition) is 2. The Morgan fingerprint density at radius 3 is 2.59 bits per heavy atom. The highest BCUT2D eigenvalue weighted by molar-refractivity contribution is 6.30. The zero-order valence-corrected chi connectivity index (χ0v) is 13.2. The summed E-state index contributed by atoms with van der Waals surface area (Å²) in [5.41, 5.74) is 2.56. The van der Waals surface area contributed by atoms with Gasteiger partial charge >= 0.3 is 0 Å². The maximum atomic E-state index is 12.2. The van der Waals surface area contributed by atoms with Gasteiger partial charge in [0.15, 0.2) is 0 Å². The van der Waals surface area contributed by atoms with Gasteiger partial charge in [0.25, 0.3) is 0 Å². The van der Waals surface area contributed by atoms with Gasteiger partial charge in [0.2, 0.25) is 5.91 Å². The molecule has 0 fully saturated rings. The van der Waals surface area contributed by atoms with Crippen molar-refractivity contribution in [2.24, 2.45) is 0 Å². The highest BCUT2D eigenvalue weighted by Crippen LogP contribution is 2.20. The predicted octanol–water partition coefficient (Wildman–Crippen LogP) is 3.09. The Bertz CT molecular complexity index is 632. The molecule has 0 spiro atoms. The fourth-order valence-corrected chi connectivity index (χ4v) is 2.42. The van der Waals surface area contributed by atoms with Crippen molar-refractivity contribution in [2.75, 3.05) is 29.9 Å². The first kappa shape index (κ1) is 16.3. The van der Waals surface area contributed by atoms with Gasteiger partial charge in [-0.25, -0.2) is 0 Å². The van der Waals surface area contributed by atoms with E-state index in [-0.39, 0.29) is 19.1 Å². The zero-order valence-electron chi connectivity index (χ0n) is 12.4. The molecule has 0 unspecified atom stereocenters. The monoisotopic (exact) mass is 318 g/mol. The predicted molar refractivity (Wildman–Crippen MR) is 90.6 cm³/mol. The fraction of sp³-hybridized carbons (Fsp3) is 0.235. The van der Waals surface area contributed by atoms with Crippen molar-refractivity contribution in [2.45, 2.75) is 6.92 Å². The number of carbonyl (C=O) groups is 1. The third-order valence-electron chi connectivity index (χ3n) is 3.29. The van der Waals surface area contributed by atoms with Gasteiger partial charge in [0.05, 0.1) is 13.2 Å². The maximum Gasteiger partial charge on any atom is 0.243 e. The quantitative estimate of drug-likeness (QED) is 0.860. The van der Waals surface area contributed by atoms with Crippen LogP contribution in [0.1, 0.15) is 5.56 Å². The number of benzene rings is 2. The maximum absolute atomic E-state index is 12.2. The molecule has 116 valence electrons. The lowest BCUT2D eigenvalue weighted by Gasteiger charge is -2.23. The summed E-state index contributed by atoms with van der Waals surface area (Å²) >= 11 is 5.91. The molecule has 2 aromatic rings. The van der Waals surface area contributed by atoms with Crippen LogP contribution in [0.4, 0.5) is 11.4 Å². The van der Waals surface area contributed by atoms with Crippen molar-refractivity contribution in [1.82, 2.24) is 0 Å². The first-order valence-electron chi connectivity index (χ1n) is 7.07. The zero-order chi connectivity index (χ0) is 15.9. The van der Waals surface area contributed by atoms with Crippen LogP contribution in [0.5, 0.6) is 0 Å². The van der Waals surface area contributed by atoms with E-state index >= 15 is 0 Å². The third-order valence-corrected chi connectivity index (χ3v) is 3.52. The van der Waals surface area contributed by atoms with Crippen LogP contribution in [0.15, 0.2) is 48.5 Å². The number of nitrogens with zero attached hydrogens (tertiary/aromatic N) is 1. The smallest absolute Gasteiger partial charge is 0.243 e. The lowest BCUT2D eigenvalue weighted by molar-refractivity contribution is -0.115. The minimum Gasteiger partial charge on any atom is -0.395 e. The van der Waals surface area contributed by atoms with E-state index in [4.69, 9.17) is 11.6 Å². The molecule has 4 nitrogen and oxygen atoms in total. The van der Waals surface area contributed by atoms with Crippen molar-refractivity contribution in [1.29, 1.82) is 0 Å². The second-order valence-electron chi connectivity index (χ2n) is 4.99. The van der Waals surface area contributed by atoms with E-state index in [0.29, 0.717) is 11.6 Å². The molecule has 1 amide bonds. The van der Waals surface area contributed by atoms with Crippen molar-refractivity contribution in [3.8, 4) is 0 Å². The number of aliphatic hydroxyl groups excluding tert-OH is 1. The Morgan fingerprint density at radius 1 is 1.23 bits per heavy atom. The van der Waals surface area contributed by atoms with E-state index in [1.54, 1.807) is 18.2 Å². The Morgan fingerprint density at radius 2 is 1.95 bits per heavy atom. The number of aryl methyl sites for hydroxylation is 1. The molecule has 2 rings (SSSR count). The number of hydrogen-bond acceptors (Lipinski definition) is 3. The molecule has 2 N–H and O–H groups in total. The lowest BCUT2D eigenvalue weighted by atomic mass is 10.2. The average molecular weight is 319 g/mol. The number of carbonyl (C=O) groups excluding carboxylic acids is 1. The Hall–Kier alpha value is -2.04. The van der Waals surface area contributed by atoms with Crippen LogP contribution in [0.3, 0.4) is 0 Å². The molecule has 0 aromatic heterocycles. The van der Waals surface area contributed by atoms with Crippen molar-refractivity contribution in [3.05, 3.63) is 59.1 Å². The van der Waals surface area contributed by atoms with Crippen LogP contribution in [-0.4, -0.2) is 30.7 Å². The topological polar surface area (TPSA) is 52.6 Å². The number of aliphatic hydroxyl groups is 1. The van der Waals surface area contributed by atoms with E-state index in [9.17, 15) is 9.90 Å². The second-order valence-corrected chi connectivity index (χ2v) is 5.42. The third kappa shape index (κ3) is 4.48. The van der Waals surface area contributed by atoms with Crippen LogP contribution in [0.2, 0.25) is 5.02 Å². The van der Waals surface area contributed by atoms with Crippen LogP contribution in [0, 0.1) is 6.92 Å². The van der Waals surface area contributed by atoms with Crippen LogP contribution < -0.4 is 10.2 Å². The van der Waals surface area contributed by atoms with E-state index in [1.165, 1.54) is 0 Å². The number of rotatable bonds is 6. The molecule has 0 aliphatic carbocycles. The van der Waals surface area contributed by atoms with Crippen LogP contribution in [-0.2, 0) is 4.79 Å². The summed E-state index contributed by atoms with van der Waals surface area (Å²) in [5, 5.41) is 12.7. The van der Waals surface area contributed by atoms with Gasteiger partial charge in [-0.1, -0.05) is 29.8 Å². The Labute approximate surface area is 135 Å². The van der Waals surface area contributed by atoms with Crippen molar-refractivity contribution >= 4 is 28.9 Å². The normalized spacial score (nSPS) is 10.3. The van der Waals surface area contributed by atoms with Crippen LogP contribution in [0.25, 0.3) is 0 Å². The minimum atomic E-state index is -0.136. The van der Waals surface area contributed by atoms with Gasteiger partial charge in [-0.15, -0.1) is 0 Å². The first-order valence-corrected chi connectivity index (χ1v) is 7.45. The molecule has 22 heavy (non-hydrogen) atoms. The number of anilines is 2. The summed E-state index contributed by atoms with van der Waals surface area (Å²) in [6, 6.07) is 14.9. The molecule has 0 saturated carbocycles. The summed E-state index contributed by atoms with van der Waals surface area (Å²) < 4.78 is 0. The van der Waals surface area contributed by atoms with Gasteiger partial charge < -0.3 is 15.3 Å². The Balaban J connectivity index is 2.05. The lowest BCUT2D eigenvalue weighted by Crippen LogP contribution is -2.35. The molecule has 0 saturated heterocycles. The fourth-order valence-electron chi connectivity index (χ4n) is 2.19. The largest absolute Gasteiger partial charge is 0.395 e.